The van der Waals surface area contributed by atoms with Crippen LogP contribution in [0.4, 0.5) is 0 Å². The van der Waals surface area contributed by atoms with Crippen molar-refractivity contribution >= 4 is 5.71 Å². The summed E-state index contributed by atoms with van der Waals surface area (Å²) in [4.78, 5) is 1.27. The molecule has 0 fully saturated rings. The summed E-state index contributed by atoms with van der Waals surface area (Å²) in [6, 6.07) is 8.90. The number of nitrogens with one attached hydrogen (secondary N) is 1. The first-order valence-electron chi connectivity index (χ1n) is 8.95. The topological polar surface area (TPSA) is 85.0 Å². The lowest BCUT2D eigenvalue weighted by Gasteiger charge is -2.33. The predicted molar refractivity (Wildman–Crippen MR) is 98.4 cm³/mol. The molecule has 0 aromatic heterocycles. The maximum absolute atomic E-state index is 10.2. The van der Waals surface area contributed by atoms with Crippen molar-refractivity contribution in [3.63, 3.8) is 0 Å². The number of benzene rings is 2. The number of likely N-dealkylation sites (N-methyl/N-ethyl adjacent to an activating group) is 1. The lowest BCUT2D eigenvalue weighted by molar-refractivity contribution is -0.913. The number of fused-ring (bicyclic) bond motifs is 2. The fourth-order valence-corrected chi connectivity index (χ4v) is 4.01. The minimum absolute atomic E-state index is 0.0105. The Morgan fingerprint density at radius 1 is 1.33 bits per heavy atom. The Balaban J connectivity index is 1.78. The number of aromatic hydroxyl groups is 1. The van der Waals surface area contributed by atoms with E-state index in [9.17, 15) is 10.3 Å². The van der Waals surface area contributed by atoms with Gasteiger partial charge in [0, 0.05) is 12.0 Å². The molecule has 2 aromatic rings. The Labute approximate surface area is 157 Å². The van der Waals surface area contributed by atoms with Gasteiger partial charge in [0.25, 0.3) is 0 Å². The molecule has 2 aliphatic rings. The average molecular weight is 371 g/mol. The van der Waals surface area contributed by atoms with E-state index in [-0.39, 0.29) is 18.6 Å². The largest absolute Gasteiger partial charge is 0.507 e. The van der Waals surface area contributed by atoms with Crippen molar-refractivity contribution < 1.29 is 29.4 Å². The van der Waals surface area contributed by atoms with Gasteiger partial charge in [0.05, 0.1) is 38.4 Å². The highest BCUT2D eigenvalue weighted by Crippen LogP contribution is 2.48. The molecule has 142 valence electrons. The summed E-state index contributed by atoms with van der Waals surface area (Å²) in [7, 11) is 3.74. The third-order valence-corrected chi connectivity index (χ3v) is 5.41. The van der Waals surface area contributed by atoms with Gasteiger partial charge in [-0.2, -0.15) is 0 Å². The van der Waals surface area contributed by atoms with Crippen molar-refractivity contribution in [2.24, 2.45) is 5.16 Å². The van der Waals surface area contributed by atoms with Gasteiger partial charge in [0.15, 0.2) is 11.5 Å². The standard InChI is InChI=1S/C20H22N2O5/c1-22-8-7-12-9-17-19(27-11-26-17)20(25-2)18(12)15(22)10-14(21-24)13-5-3-4-6-16(13)23/h3-6,9,15,23-24H,7-8,10-11H2,1-2H3/p+1/b21-14-/t15-/m0/s1. The molecule has 4 rings (SSSR count). The first kappa shape index (κ1) is 17.5. The number of oxime groups is 1. The van der Waals surface area contributed by atoms with Crippen molar-refractivity contribution in [1.82, 2.24) is 0 Å². The number of hydrogen-bond acceptors (Lipinski definition) is 6. The Bertz CT molecular complexity index is 896. The molecule has 27 heavy (non-hydrogen) atoms. The van der Waals surface area contributed by atoms with Crippen LogP contribution >= 0.6 is 0 Å². The van der Waals surface area contributed by atoms with Crippen LogP contribution in [0.2, 0.25) is 0 Å². The van der Waals surface area contributed by atoms with Crippen molar-refractivity contribution in [1.29, 1.82) is 0 Å². The van der Waals surface area contributed by atoms with Gasteiger partial charge in [-0.3, -0.25) is 0 Å². The van der Waals surface area contributed by atoms with E-state index >= 15 is 0 Å². The fraction of sp³-hybridized carbons (Fsp3) is 0.350. The first-order chi connectivity index (χ1) is 13.1. The maximum Gasteiger partial charge on any atom is 0.231 e. The lowest BCUT2D eigenvalue weighted by atomic mass is 9.87. The summed E-state index contributed by atoms with van der Waals surface area (Å²) < 4.78 is 16.9. The van der Waals surface area contributed by atoms with Gasteiger partial charge in [0.2, 0.25) is 12.5 Å². The Hall–Kier alpha value is -2.93. The zero-order valence-electron chi connectivity index (χ0n) is 15.4. The van der Waals surface area contributed by atoms with Crippen molar-refractivity contribution in [2.45, 2.75) is 18.9 Å². The fourth-order valence-electron chi connectivity index (χ4n) is 4.01. The second-order valence-electron chi connectivity index (χ2n) is 6.88. The highest BCUT2D eigenvalue weighted by molar-refractivity contribution is 6.02. The summed E-state index contributed by atoms with van der Waals surface area (Å²) >= 11 is 0. The SMILES string of the molecule is COc1c2c(cc3c1[C@H](C/C(=N/O)c1ccccc1O)[NH+](C)CC3)OCO2. The van der Waals surface area contributed by atoms with Crippen LogP contribution in [-0.2, 0) is 6.42 Å². The Morgan fingerprint density at radius 2 is 2.15 bits per heavy atom. The smallest absolute Gasteiger partial charge is 0.231 e. The minimum Gasteiger partial charge on any atom is -0.507 e. The van der Waals surface area contributed by atoms with Crippen LogP contribution in [-0.4, -0.2) is 43.5 Å². The summed E-state index contributed by atoms with van der Waals surface area (Å²) in [6.45, 7) is 1.11. The van der Waals surface area contributed by atoms with Crippen LogP contribution in [0.3, 0.4) is 0 Å². The van der Waals surface area contributed by atoms with Crippen molar-refractivity contribution in [3.05, 3.63) is 47.0 Å². The van der Waals surface area contributed by atoms with Crippen molar-refractivity contribution in [2.75, 3.05) is 27.5 Å². The van der Waals surface area contributed by atoms with Gasteiger partial charge in [-0.1, -0.05) is 17.3 Å². The monoisotopic (exact) mass is 371 g/mol. The summed E-state index contributed by atoms with van der Waals surface area (Å²) in [5.41, 5.74) is 3.16. The average Bonchev–Trinajstić information content (AvgIpc) is 3.15. The molecule has 0 spiro atoms. The van der Waals surface area contributed by atoms with Gasteiger partial charge in [-0.15, -0.1) is 0 Å². The second-order valence-corrected chi connectivity index (χ2v) is 6.88. The molecule has 7 nitrogen and oxygen atoms in total. The molecular weight excluding hydrogens is 348 g/mol. The van der Waals surface area contributed by atoms with Crippen LogP contribution in [0.5, 0.6) is 23.0 Å². The zero-order valence-corrected chi connectivity index (χ0v) is 15.4. The van der Waals surface area contributed by atoms with Gasteiger partial charge < -0.3 is 29.4 Å². The Morgan fingerprint density at radius 3 is 2.89 bits per heavy atom. The van der Waals surface area contributed by atoms with Crippen LogP contribution < -0.4 is 19.1 Å². The third-order valence-electron chi connectivity index (χ3n) is 5.41. The van der Waals surface area contributed by atoms with Gasteiger partial charge in [-0.25, -0.2) is 0 Å². The van der Waals surface area contributed by atoms with Gasteiger partial charge >= 0.3 is 0 Å². The molecular formula is C20H23N2O5+. The number of hydrogen-bond donors (Lipinski definition) is 3. The number of rotatable bonds is 4. The molecule has 2 heterocycles. The van der Waals surface area contributed by atoms with Crippen LogP contribution in [0.25, 0.3) is 0 Å². The molecule has 0 aliphatic carbocycles. The normalized spacial score (nSPS) is 21.0. The minimum atomic E-state index is -0.0105. The molecule has 2 aliphatic heterocycles. The summed E-state index contributed by atoms with van der Waals surface area (Å²) in [6.07, 6.45) is 1.34. The Kier molecular flexibility index (Phi) is 4.53. The van der Waals surface area contributed by atoms with E-state index in [1.807, 2.05) is 12.1 Å². The van der Waals surface area contributed by atoms with E-state index in [0.29, 0.717) is 34.9 Å². The number of quaternary nitrogens is 1. The number of para-hydroxylation sites is 1. The number of phenolic OH excluding ortho intramolecular Hbond substituents is 1. The molecule has 2 aromatic carbocycles. The molecule has 3 N–H and O–H groups in total. The molecule has 7 heteroatoms. The number of methoxy groups -OCH3 is 1. The number of phenols is 1. The highest BCUT2D eigenvalue weighted by atomic mass is 16.7. The van der Waals surface area contributed by atoms with E-state index in [0.717, 1.165) is 24.1 Å². The number of ether oxygens (including phenoxy) is 3. The quantitative estimate of drug-likeness (QED) is 0.431. The van der Waals surface area contributed by atoms with Gasteiger partial charge in [-0.05, 0) is 23.8 Å². The van der Waals surface area contributed by atoms with Crippen LogP contribution in [0.1, 0.15) is 29.2 Å². The maximum atomic E-state index is 10.2. The molecule has 0 bridgehead atoms. The lowest BCUT2D eigenvalue weighted by Crippen LogP contribution is -3.10. The van der Waals surface area contributed by atoms with E-state index in [1.54, 1.807) is 25.3 Å². The van der Waals surface area contributed by atoms with E-state index in [1.165, 1.54) is 4.90 Å². The molecule has 0 saturated heterocycles. The second kappa shape index (κ2) is 7.00. The molecule has 2 atom stereocenters. The zero-order chi connectivity index (χ0) is 19.0. The molecule has 0 saturated carbocycles. The number of nitrogens with zero attached hydrogens (tertiary/aromatic N) is 1. The summed E-state index contributed by atoms with van der Waals surface area (Å²) in [5, 5.41) is 23.3. The van der Waals surface area contributed by atoms with Gasteiger partial charge in [0.1, 0.15) is 11.8 Å². The summed E-state index contributed by atoms with van der Waals surface area (Å²) in [5.74, 6) is 2.11. The van der Waals surface area contributed by atoms with E-state index in [4.69, 9.17) is 14.2 Å². The molecule has 1 unspecified atom stereocenters. The van der Waals surface area contributed by atoms with E-state index in [2.05, 4.69) is 12.2 Å². The van der Waals surface area contributed by atoms with Crippen LogP contribution in [0.15, 0.2) is 35.5 Å². The highest BCUT2D eigenvalue weighted by Gasteiger charge is 2.37. The van der Waals surface area contributed by atoms with Crippen molar-refractivity contribution in [3.8, 4) is 23.0 Å². The predicted octanol–water partition coefficient (Wildman–Crippen LogP) is 1.51. The third kappa shape index (κ3) is 2.94. The molecule has 0 amide bonds. The first-order valence-corrected chi connectivity index (χ1v) is 8.95. The van der Waals surface area contributed by atoms with Crippen LogP contribution in [0, 0.1) is 0 Å². The van der Waals surface area contributed by atoms with E-state index < -0.39 is 0 Å². The molecule has 0 radical (unpaired) electrons.